The van der Waals surface area contributed by atoms with Crippen LogP contribution in [-0.2, 0) is 9.63 Å². The molecule has 0 spiro atoms. The second kappa shape index (κ2) is 3.84. The minimum atomic E-state index is -0.501. The van der Waals surface area contributed by atoms with Crippen LogP contribution >= 0.6 is 0 Å². The van der Waals surface area contributed by atoms with Crippen LogP contribution in [0, 0.1) is 0 Å². The fraction of sp³-hybridized carbons (Fsp3) is 0.857. The van der Waals surface area contributed by atoms with Crippen LogP contribution in [0.25, 0.3) is 0 Å². The van der Waals surface area contributed by atoms with E-state index in [1.54, 1.807) is 0 Å². The van der Waals surface area contributed by atoms with Gasteiger partial charge in [-0.3, -0.25) is 9.63 Å². The number of hydroxylamine groups is 2. The van der Waals surface area contributed by atoms with E-state index >= 15 is 0 Å². The van der Waals surface area contributed by atoms with Crippen LogP contribution in [0.5, 0.6) is 0 Å². The standard InChI is InChI=1S/C7H14N2O3/c1-2-6(7(8)11)9-3-5(10)4-12-9/h5-6,10H,2-4H2,1H3,(H2,8,11)/t5-,6?/m0/s1. The highest BCUT2D eigenvalue weighted by molar-refractivity contribution is 5.79. The molecule has 0 aromatic heterocycles. The monoisotopic (exact) mass is 174 g/mol. The van der Waals surface area contributed by atoms with E-state index in [2.05, 4.69) is 0 Å². The molecule has 5 heteroatoms. The first-order valence-electron chi connectivity index (χ1n) is 4.02. The summed E-state index contributed by atoms with van der Waals surface area (Å²) in [5.74, 6) is -0.411. The number of carbonyl (C=O) groups is 1. The summed E-state index contributed by atoms with van der Waals surface area (Å²) < 4.78 is 0. The minimum absolute atomic E-state index is 0.254. The topological polar surface area (TPSA) is 75.8 Å². The van der Waals surface area contributed by atoms with Gasteiger partial charge >= 0.3 is 0 Å². The normalized spacial score (nSPS) is 27.3. The smallest absolute Gasteiger partial charge is 0.237 e. The van der Waals surface area contributed by atoms with Crippen molar-refractivity contribution in [2.45, 2.75) is 25.5 Å². The molecule has 0 aromatic rings. The lowest BCUT2D eigenvalue weighted by Gasteiger charge is -2.21. The molecular formula is C7H14N2O3. The highest BCUT2D eigenvalue weighted by atomic mass is 16.7. The molecule has 1 amide bonds. The average molecular weight is 174 g/mol. The number of β-amino-alcohol motifs (C(OH)–C–C–N with tert-alkyl or cyclic N) is 1. The SMILES string of the molecule is CCC(C(N)=O)N1C[C@H](O)CO1. The number of nitrogens with zero attached hydrogens (tertiary/aromatic N) is 1. The molecular weight excluding hydrogens is 160 g/mol. The highest BCUT2D eigenvalue weighted by Gasteiger charge is 2.30. The van der Waals surface area contributed by atoms with Crippen LogP contribution < -0.4 is 5.73 Å². The number of carbonyl (C=O) groups excluding carboxylic acids is 1. The van der Waals surface area contributed by atoms with E-state index in [4.69, 9.17) is 15.7 Å². The van der Waals surface area contributed by atoms with Gasteiger partial charge in [0, 0.05) is 0 Å². The number of aliphatic hydroxyl groups excluding tert-OH is 1. The first kappa shape index (κ1) is 9.44. The zero-order valence-electron chi connectivity index (χ0n) is 7.06. The molecule has 12 heavy (non-hydrogen) atoms. The molecule has 0 radical (unpaired) electrons. The average Bonchev–Trinajstić information content (AvgIpc) is 2.37. The zero-order chi connectivity index (χ0) is 9.14. The predicted molar refractivity (Wildman–Crippen MR) is 41.9 cm³/mol. The third kappa shape index (κ3) is 1.94. The van der Waals surface area contributed by atoms with Crippen LogP contribution in [-0.4, -0.2) is 41.4 Å². The van der Waals surface area contributed by atoms with Crippen LogP contribution in [0.3, 0.4) is 0 Å². The summed E-state index contributed by atoms with van der Waals surface area (Å²) in [7, 11) is 0. The van der Waals surface area contributed by atoms with Crippen molar-refractivity contribution in [3.8, 4) is 0 Å². The summed E-state index contributed by atoms with van der Waals surface area (Å²) in [4.78, 5) is 15.9. The fourth-order valence-electron chi connectivity index (χ4n) is 1.26. The van der Waals surface area contributed by atoms with Gasteiger partial charge in [-0.25, -0.2) is 0 Å². The van der Waals surface area contributed by atoms with Crippen LogP contribution in [0.15, 0.2) is 0 Å². The van der Waals surface area contributed by atoms with Gasteiger partial charge in [-0.1, -0.05) is 6.92 Å². The molecule has 5 nitrogen and oxygen atoms in total. The first-order valence-corrected chi connectivity index (χ1v) is 4.02. The van der Waals surface area contributed by atoms with Gasteiger partial charge in [0.15, 0.2) is 0 Å². The van der Waals surface area contributed by atoms with Crippen LogP contribution in [0.2, 0.25) is 0 Å². The van der Waals surface area contributed by atoms with Crippen molar-refractivity contribution in [3.05, 3.63) is 0 Å². The lowest BCUT2D eigenvalue weighted by Crippen LogP contribution is -2.42. The summed E-state index contributed by atoms with van der Waals surface area (Å²) in [6.07, 6.45) is 0.0978. The van der Waals surface area contributed by atoms with Crippen LogP contribution in [0.4, 0.5) is 0 Å². The lowest BCUT2D eigenvalue weighted by molar-refractivity contribution is -0.159. The maximum Gasteiger partial charge on any atom is 0.237 e. The maximum atomic E-state index is 10.8. The number of hydrogen-bond donors (Lipinski definition) is 2. The van der Waals surface area contributed by atoms with E-state index in [0.29, 0.717) is 13.0 Å². The van der Waals surface area contributed by atoms with E-state index in [1.165, 1.54) is 5.06 Å². The van der Waals surface area contributed by atoms with Crippen molar-refractivity contribution in [2.75, 3.05) is 13.2 Å². The van der Waals surface area contributed by atoms with Crippen LogP contribution in [0.1, 0.15) is 13.3 Å². The Hall–Kier alpha value is -0.650. The molecule has 3 N–H and O–H groups in total. The Morgan fingerprint density at radius 2 is 2.58 bits per heavy atom. The van der Waals surface area contributed by atoms with Gasteiger partial charge in [-0.05, 0) is 6.42 Å². The van der Waals surface area contributed by atoms with E-state index in [1.807, 2.05) is 6.92 Å². The van der Waals surface area contributed by atoms with Crippen molar-refractivity contribution in [3.63, 3.8) is 0 Å². The van der Waals surface area contributed by atoms with Gasteiger partial charge in [-0.15, -0.1) is 0 Å². The number of primary amides is 1. The third-order valence-corrected chi connectivity index (χ3v) is 1.89. The van der Waals surface area contributed by atoms with Gasteiger partial charge in [0.2, 0.25) is 5.91 Å². The summed E-state index contributed by atoms with van der Waals surface area (Å²) in [5.41, 5.74) is 5.13. The van der Waals surface area contributed by atoms with Gasteiger partial charge in [0.05, 0.1) is 19.3 Å². The second-order valence-electron chi connectivity index (χ2n) is 2.88. The Labute approximate surface area is 71.0 Å². The van der Waals surface area contributed by atoms with Crippen molar-refractivity contribution >= 4 is 5.91 Å². The molecule has 1 unspecified atom stereocenters. The van der Waals surface area contributed by atoms with Crippen molar-refractivity contribution in [1.29, 1.82) is 0 Å². The first-order chi connectivity index (χ1) is 5.65. The highest BCUT2D eigenvalue weighted by Crippen LogP contribution is 2.12. The molecule has 1 rings (SSSR count). The number of aliphatic hydroxyl groups is 1. The summed E-state index contributed by atoms with van der Waals surface area (Å²) in [5, 5.41) is 10.6. The molecule has 1 fully saturated rings. The molecule has 70 valence electrons. The van der Waals surface area contributed by atoms with Gasteiger partial charge < -0.3 is 10.8 Å². The molecule has 1 aliphatic rings. The largest absolute Gasteiger partial charge is 0.389 e. The van der Waals surface area contributed by atoms with Crippen molar-refractivity contribution < 1.29 is 14.7 Å². The third-order valence-electron chi connectivity index (χ3n) is 1.89. The molecule has 1 heterocycles. The number of nitrogens with two attached hydrogens (primary N) is 1. The second-order valence-corrected chi connectivity index (χ2v) is 2.88. The molecule has 1 saturated heterocycles. The van der Waals surface area contributed by atoms with E-state index < -0.39 is 18.1 Å². The number of rotatable bonds is 3. The molecule has 1 aliphatic heterocycles. The Bertz CT molecular complexity index is 174. The van der Waals surface area contributed by atoms with Crippen molar-refractivity contribution in [1.82, 2.24) is 5.06 Å². The Morgan fingerprint density at radius 3 is 2.92 bits per heavy atom. The van der Waals surface area contributed by atoms with Gasteiger partial charge in [0.25, 0.3) is 0 Å². The number of amides is 1. The van der Waals surface area contributed by atoms with Gasteiger partial charge in [0.1, 0.15) is 6.04 Å². The Balaban J connectivity index is 2.49. The van der Waals surface area contributed by atoms with Crippen molar-refractivity contribution in [2.24, 2.45) is 5.73 Å². The van der Waals surface area contributed by atoms with E-state index in [9.17, 15) is 4.79 Å². The Kier molecular flexibility index (Phi) is 3.02. The number of hydrogen-bond acceptors (Lipinski definition) is 4. The summed E-state index contributed by atoms with van der Waals surface area (Å²) >= 11 is 0. The fourth-order valence-corrected chi connectivity index (χ4v) is 1.26. The predicted octanol–water partition coefficient (Wildman–Crippen LogP) is -1.14. The zero-order valence-corrected chi connectivity index (χ0v) is 7.06. The van der Waals surface area contributed by atoms with Gasteiger partial charge in [-0.2, -0.15) is 5.06 Å². The summed E-state index contributed by atoms with van der Waals surface area (Å²) in [6, 6.07) is -0.415. The van der Waals surface area contributed by atoms with E-state index in [0.717, 1.165) is 0 Å². The summed E-state index contributed by atoms with van der Waals surface area (Å²) in [6.45, 7) is 2.47. The Morgan fingerprint density at radius 1 is 1.92 bits per heavy atom. The molecule has 0 aliphatic carbocycles. The maximum absolute atomic E-state index is 10.8. The quantitative estimate of drug-likeness (QED) is 0.567. The molecule has 2 atom stereocenters. The van der Waals surface area contributed by atoms with E-state index in [-0.39, 0.29) is 6.61 Å². The minimum Gasteiger partial charge on any atom is -0.389 e. The lowest BCUT2D eigenvalue weighted by atomic mass is 10.2. The molecule has 0 bridgehead atoms. The molecule has 0 aromatic carbocycles. The molecule has 0 saturated carbocycles.